The number of hydrogen-bond donors (Lipinski definition) is 0. The van der Waals surface area contributed by atoms with Gasteiger partial charge >= 0.3 is 0 Å². The molecule has 1 aromatic rings. The molecule has 1 atom stereocenters. The predicted molar refractivity (Wildman–Crippen MR) is 49.2 cm³/mol. The second-order valence-corrected chi connectivity index (χ2v) is 4.02. The summed E-state index contributed by atoms with van der Waals surface area (Å²) in [6, 6.07) is 0. The summed E-state index contributed by atoms with van der Waals surface area (Å²) in [7, 11) is 0. The van der Waals surface area contributed by atoms with E-state index in [1.807, 2.05) is 6.20 Å². The van der Waals surface area contributed by atoms with Crippen LogP contribution in [0.5, 0.6) is 0 Å². The average Bonchev–Trinajstić information content (AvgIpc) is 2.53. The number of aromatic nitrogens is 2. The topological polar surface area (TPSA) is 17.8 Å². The van der Waals surface area contributed by atoms with Crippen LogP contribution in [-0.2, 0) is 6.54 Å². The Morgan fingerprint density at radius 2 is 2.33 bits per heavy atom. The monoisotopic (exact) mass is 164 g/mol. The average molecular weight is 164 g/mol. The van der Waals surface area contributed by atoms with Gasteiger partial charge in [-0.1, -0.05) is 13.8 Å². The Bertz CT molecular complexity index is 286. The molecule has 2 heteroatoms. The van der Waals surface area contributed by atoms with Crippen LogP contribution >= 0.6 is 0 Å². The van der Waals surface area contributed by atoms with Crippen LogP contribution in [0.3, 0.4) is 0 Å². The lowest BCUT2D eigenvalue weighted by Crippen LogP contribution is -2.01. The van der Waals surface area contributed by atoms with Gasteiger partial charge < -0.3 is 4.57 Å². The quantitative estimate of drug-likeness (QED) is 0.623. The standard InChI is InChI=1S/C10H16N2/c1-7(2)9-4-5-12-8(3)11-6-10(9)12/h6-7,9H,4-5H2,1-3H3. The number of rotatable bonds is 1. The number of nitrogens with zero attached hydrogens (tertiary/aromatic N) is 2. The molecule has 2 rings (SSSR count). The maximum Gasteiger partial charge on any atom is 0.105 e. The molecule has 0 aliphatic carbocycles. The number of fused-ring (bicyclic) bond motifs is 1. The Morgan fingerprint density at radius 1 is 1.58 bits per heavy atom. The summed E-state index contributed by atoms with van der Waals surface area (Å²) < 4.78 is 2.35. The maximum absolute atomic E-state index is 4.33. The third-order valence-corrected chi connectivity index (χ3v) is 2.93. The van der Waals surface area contributed by atoms with E-state index in [-0.39, 0.29) is 0 Å². The Balaban J connectivity index is 2.36. The molecular formula is C10H16N2. The molecule has 1 aliphatic heterocycles. The first-order chi connectivity index (χ1) is 5.70. The van der Waals surface area contributed by atoms with Crippen LogP contribution in [0.15, 0.2) is 6.20 Å². The van der Waals surface area contributed by atoms with E-state index >= 15 is 0 Å². The molecule has 0 radical (unpaired) electrons. The molecule has 66 valence electrons. The lowest BCUT2D eigenvalue weighted by molar-refractivity contribution is 0.493. The van der Waals surface area contributed by atoms with Crippen molar-refractivity contribution in [3.05, 3.63) is 17.7 Å². The largest absolute Gasteiger partial charge is 0.332 e. The van der Waals surface area contributed by atoms with Gasteiger partial charge in [0.25, 0.3) is 0 Å². The van der Waals surface area contributed by atoms with Crippen LogP contribution in [0.1, 0.15) is 37.7 Å². The van der Waals surface area contributed by atoms with Gasteiger partial charge in [-0.25, -0.2) is 4.98 Å². The molecule has 12 heavy (non-hydrogen) atoms. The normalized spacial score (nSPS) is 21.8. The molecule has 0 spiro atoms. The molecule has 0 aromatic carbocycles. The van der Waals surface area contributed by atoms with E-state index in [1.54, 1.807) is 0 Å². The van der Waals surface area contributed by atoms with Crippen molar-refractivity contribution in [2.24, 2.45) is 5.92 Å². The van der Waals surface area contributed by atoms with E-state index in [2.05, 4.69) is 30.3 Å². The number of hydrogen-bond acceptors (Lipinski definition) is 1. The van der Waals surface area contributed by atoms with Crippen molar-refractivity contribution in [3.8, 4) is 0 Å². The third-order valence-electron chi connectivity index (χ3n) is 2.93. The van der Waals surface area contributed by atoms with Crippen LogP contribution in [0.2, 0.25) is 0 Å². The second kappa shape index (κ2) is 2.61. The highest BCUT2D eigenvalue weighted by Gasteiger charge is 2.26. The molecular weight excluding hydrogens is 148 g/mol. The zero-order valence-electron chi connectivity index (χ0n) is 8.04. The lowest BCUT2D eigenvalue weighted by atomic mass is 9.92. The minimum Gasteiger partial charge on any atom is -0.332 e. The smallest absolute Gasteiger partial charge is 0.105 e. The van der Waals surface area contributed by atoms with Crippen molar-refractivity contribution in [3.63, 3.8) is 0 Å². The Labute approximate surface area is 73.6 Å². The van der Waals surface area contributed by atoms with Crippen molar-refractivity contribution in [2.45, 2.75) is 39.7 Å². The minimum absolute atomic E-state index is 0.742. The van der Waals surface area contributed by atoms with Gasteiger partial charge in [-0.05, 0) is 19.3 Å². The lowest BCUT2D eigenvalue weighted by Gasteiger charge is -2.12. The predicted octanol–water partition coefficient (Wildman–Crippen LogP) is 2.33. The Morgan fingerprint density at radius 3 is 3.00 bits per heavy atom. The van der Waals surface area contributed by atoms with Gasteiger partial charge in [0.2, 0.25) is 0 Å². The second-order valence-electron chi connectivity index (χ2n) is 4.02. The fourth-order valence-corrected chi connectivity index (χ4v) is 2.16. The van der Waals surface area contributed by atoms with Gasteiger partial charge in [-0.2, -0.15) is 0 Å². The third kappa shape index (κ3) is 0.977. The fraction of sp³-hybridized carbons (Fsp3) is 0.700. The number of aryl methyl sites for hydroxylation is 1. The summed E-state index contributed by atoms with van der Waals surface area (Å²) in [6.07, 6.45) is 3.35. The van der Waals surface area contributed by atoms with Crippen molar-refractivity contribution < 1.29 is 0 Å². The molecule has 0 amide bonds. The van der Waals surface area contributed by atoms with E-state index < -0.39 is 0 Å². The summed E-state index contributed by atoms with van der Waals surface area (Å²) in [5, 5.41) is 0. The summed E-state index contributed by atoms with van der Waals surface area (Å²) in [5.41, 5.74) is 1.45. The summed E-state index contributed by atoms with van der Waals surface area (Å²) >= 11 is 0. The van der Waals surface area contributed by atoms with Crippen LogP contribution in [0.25, 0.3) is 0 Å². The summed E-state index contributed by atoms with van der Waals surface area (Å²) in [6.45, 7) is 7.85. The minimum atomic E-state index is 0.742. The highest BCUT2D eigenvalue weighted by atomic mass is 15.1. The van der Waals surface area contributed by atoms with Gasteiger partial charge in [-0.3, -0.25) is 0 Å². The fourth-order valence-electron chi connectivity index (χ4n) is 2.16. The molecule has 2 nitrogen and oxygen atoms in total. The van der Waals surface area contributed by atoms with E-state index in [4.69, 9.17) is 0 Å². The first kappa shape index (κ1) is 7.84. The summed E-state index contributed by atoms with van der Waals surface area (Å²) in [4.78, 5) is 4.33. The Hall–Kier alpha value is -0.790. The molecule has 0 saturated carbocycles. The van der Waals surface area contributed by atoms with Crippen LogP contribution in [-0.4, -0.2) is 9.55 Å². The van der Waals surface area contributed by atoms with E-state index in [0.29, 0.717) is 0 Å². The molecule has 0 bridgehead atoms. The van der Waals surface area contributed by atoms with E-state index in [9.17, 15) is 0 Å². The first-order valence-electron chi connectivity index (χ1n) is 4.72. The molecule has 1 aliphatic rings. The Kier molecular flexibility index (Phi) is 1.71. The molecule has 0 N–H and O–H groups in total. The molecule has 2 heterocycles. The first-order valence-corrected chi connectivity index (χ1v) is 4.72. The SMILES string of the molecule is Cc1ncc2n1CCC2C(C)C. The molecule has 0 saturated heterocycles. The van der Waals surface area contributed by atoms with E-state index in [1.165, 1.54) is 24.5 Å². The maximum atomic E-state index is 4.33. The highest BCUT2D eigenvalue weighted by molar-refractivity contribution is 5.15. The highest BCUT2D eigenvalue weighted by Crippen LogP contribution is 2.34. The van der Waals surface area contributed by atoms with Crippen LogP contribution < -0.4 is 0 Å². The molecule has 1 unspecified atom stereocenters. The van der Waals surface area contributed by atoms with Crippen molar-refractivity contribution >= 4 is 0 Å². The zero-order chi connectivity index (χ0) is 8.72. The van der Waals surface area contributed by atoms with Crippen molar-refractivity contribution in [2.75, 3.05) is 0 Å². The number of imidazole rings is 1. The zero-order valence-corrected chi connectivity index (χ0v) is 8.04. The van der Waals surface area contributed by atoms with Gasteiger partial charge in [0.1, 0.15) is 5.82 Å². The molecule has 1 aromatic heterocycles. The van der Waals surface area contributed by atoms with Crippen LogP contribution in [0.4, 0.5) is 0 Å². The molecule has 0 fully saturated rings. The van der Waals surface area contributed by atoms with Crippen molar-refractivity contribution in [1.82, 2.24) is 9.55 Å². The summed E-state index contributed by atoms with van der Waals surface area (Å²) in [5.74, 6) is 2.67. The van der Waals surface area contributed by atoms with Crippen molar-refractivity contribution in [1.29, 1.82) is 0 Å². The van der Waals surface area contributed by atoms with E-state index in [0.717, 1.165) is 11.8 Å². The van der Waals surface area contributed by atoms with Crippen LogP contribution in [0, 0.1) is 12.8 Å². The van der Waals surface area contributed by atoms with Gasteiger partial charge in [0.15, 0.2) is 0 Å². The van der Waals surface area contributed by atoms with Gasteiger partial charge in [-0.15, -0.1) is 0 Å². The van der Waals surface area contributed by atoms with Gasteiger partial charge in [0, 0.05) is 24.4 Å². The van der Waals surface area contributed by atoms with Gasteiger partial charge in [0.05, 0.1) is 0 Å².